The smallest absolute Gasteiger partial charge is 0.262 e. The Balaban J connectivity index is 2.38. The van der Waals surface area contributed by atoms with E-state index in [1.54, 1.807) is 24.3 Å². The molecule has 20 heavy (non-hydrogen) atoms. The summed E-state index contributed by atoms with van der Waals surface area (Å²) < 4.78 is 32.1. The van der Waals surface area contributed by atoms with Gasteiger partial charge in [0.1, 0.15) is 5.75 Å². The molecule has 0 unspecified atom stereocenters. The van der Waals surface area contributed by atoms with E-state index in [9.17, 15) is 8.42 Å². The summed E-state index contributed by atoms with van der Waals surface area (Å²) in [5.41, 5.74) is 0.348. The third kappa shape index (κ3) is 3.17. The lowest BCUT2D eigenvalue weighted by Gasteiger charge is -2.11. The van der Waals surface area contributed by atoms with E-state index in [4.69, 9.17) is 27.9 Å². The second-order valence-corrected chi connectivity index (χ2v) is 6.38. The molecule has 0 aromatic heterocycles. The van der Waals surface area contributed by atoms with Crippen molar-refractivity contribution < 1.29 is 13.2 Å². The van der Waals surface area contributed by atoms with Crippen LogP contribution in [0, 0.1) is 0 Å². The zero-order chi connectivity index (χ0) is 14.8. The first-order valence-corrected chi connectivity index (χ1v) is 7.79. The van der Waals surface area contributed by atoms with Crippen LogP contribution in [0.5, 0.6) is 5.75 Å². The Morgan fingerprint density at radius 2 is 1.75 bits per heavy atom. The molecule has 0 bridgehead atoms. The zero-order valence-electron chi connectivity index (χ0n) is 10.4. The first-order valence-electron chi connectivity index (χ1n) is 5.55. The lowest BCUT2D eigenvalue weighted by atomic mass is 10.3. The molecule has 0 saturated carbocycles. The summed E-state index contributed by atoms with van der Waals surface area (Å²) in [5.74, 6) is 0.427. The van der Waals surface area contributed by atoms with Gasteiger partial charge in [-0.15, -0.1) is 0 Å². The number of ether oxygens (including phenoxy) is 1. The summed E-state index contributed by atoms with van der Waals surface area (Å²) in [7, 11) is -2.29. The molecule has 0 aliphatic heterocycles. The number of para-hydroxylation sites is 2. The molecule has 106 valence electrons. The van der Waals surface area contributed by atoms with Gasteiger partial charge in [0.05, 0.1) is 27.7 Å². The van der Waals surface area contributed by atoms with E-state index in [1.165, 1.54) is 25.3 Å². The van der Waals surface area contributed by atoms with Crippen LogP contribution in [0.15, 0.2) is 47.4 Å². The number of hydrogen-bond acceptors (Lipinski definition) is 3. The first kappa shape index (κ1) is 15.0. The number of hydrogen-bond donors (Lipinski definition) is 1. The quantitative estimate of drug-likeness (QED) is 0.926. The van der Waals surface area contributed by atoms with Crippen LogP contribution < -0.4 is 9.46 Å². The van der Waals surface area contributed by atoms with Gasteiger partial charge in [0.15, 0.2) is 0 Å². The van der Waals surface area contributed by atoms with Crippen molar-refractivity contribution in [3.05, 3.63) is 52.5 Å². The third-order valence-corrected chi connectivity index (χ3v) is 4.65. The van der Waals surface area contributed by atoms with Crippen LogP contribution in [0.3, 0.4) is 0 Å². The van der Waals surface area contributed by atoms with Crippen molar-refractivity contribution in [2.75, 3.05) is 11.8 Å². The minimum Gasteiger partial charge on any atom is -0.495 e. The van der Waals surface area contributed by atoms with E-state index < -0.39 is 10.0 Å². The van der Waals surface area contributed by atoms with Gasteiger partial charge in [0.2, 0.25) is 0 Å². The van der Waals surface area contributed by atoms with Gasteiger partial charge in [0.25, 0.3) is 10.0 Å². The van der Waals surface area contributed by atoms with E-state index in [2.05, 4.69) is 4.72 Å². The summed E-state index contributed by atoms with van der Waals surface area (Å²) in [4.78, 5) is 0.0257. The van der Waals surface area contributed by atoms with E-state index in [0.29, 0.717) is 16.5 Å². The SMILES string of the molecule is COc1ccccc1NS(=O)(=O)c1ccc(Cl)c(Cl)c1. The molecule has 4 nitrogen and oxygen atoms in total. The summed E-state index contributed by atoms with van der Waals surface area (Å²) in [6.45, 7) is 0. The minimum atomic E-state index is -3.76. The highest BCUT2D eigenvalue weighted by Gasteiger charge is 2.17. The van der Waals surface area contributed by atoms with Gasteiger partial charge in [-0.05, 0) is 30.3 Å². The third-order valence-electron chi connectivity index (χ3n) is 2.55. The van der Waals surface area contributed by atoms with Crippen LogP contribution in [0.4, 0.5) is 5.69 Å². The van der Waals surface area contributed by atoms with Gasteiger partial charge < -0.3 is 4.74 Å². The number of methoxy groups -OCH3 is 1. The largest absolute Gasteiger partial charge is 0.495 e. The number of halogens is 2. The molecule has 0 atom stereocenters. The average Bonchev–Trinajstić information content (AvgIpc) is 2.42. The number of benzene rings is 2. The summed E-state index contributed by atoms with van der Waals surface area (Å²) in [6.07, 6.45) is 0. The molecule has 2 aromatic carbocycles. The Hall–Kier alpha value is -1.43. The van der Waals surface area contributed by atoms with Crippen molar-refractivity contribution in [3.8, 4) is 5.75 Å². The van der Waals surface area contributed by atoms with E-state index in [0.717, 1.165) is 0 Å². The predicted molar refractivity (Wildman–Crippen MR) is 80.3 cm³/mol. The van der Waals surface area contributed by atoms with Crippen LogP contribution in [-0.2, 0) is 10.0 Å². The van der Waals surface area contributed by atoms with Crippen molar-refractivity contribution in [2.45, 2.75) is 4.90 Å². The van der Waals surface area contributed by atoms with Crippen molar-refractivity contribution in [3.63, 3.8) is 0 Å². The second-order valence-electron chi connectivity index (χ2n) is 3.88. The molecule has 0 amide bonds. The fourth-order valence-corrected chi connectivity index (χ4v) is 3.04. The lowest BCUT2D eigenvalue weighted by molar-refractivity contribution is 0.417. The van der Waals surface area contributed by atoms with Gasteiger partial charge >= 0.3 is 0 Å². The molecule has 7 heteroatoms. The molecule has 0 saturated heterocycles. The van der Waals surface area contributed by atoms with E-state index in [-0.39, 0.29) is 9.92 Å². The lowest BCUT2D eigenvalue weighted by Crippen LogP contribution is -2.13. The maximum absolute atomic E-state index is 12.3. The van der Waals surface area contributed by atoms with Gasteiger partial charge in [-0.25, -0.2) is 8.42 Å². The number of anilines is 1. The fourth-order valence-electron chi connectivity index (χ4n) is 1.58. The van der Waals surface area contributed by atoms with Crippen LogP contribution in [0.2, 0.25) is 10.0 Å². The van der Waals surface area contributed by atoms with Crippen molar-refractivity contribution in [1.82, 2.24) is 0 Å². The molecule has 0 heterocycles. The van der Waals surface area contributed by atoms with Gasteiger partial charge in [-0.2, -0.15) is 0 Å². The van der Waals surface area contributed by atoms with Crippen molar-refractivity contribution >= 4 is 38.9 Å². The summed E-state index contributed by atoms with van der Waals surface area (Å²) >= 11 is 11.6. The minimum absolute atomic E-state index is 0.0257. The highest BCUT2D eigenvalue weighted by Crippen LogP contribution is 2.29. The second kappa shape index (κ2) is 5.91. The molecule has 0 radical (unpaired) electrons. The molecule has 0 spiro atoms. The van der Waals surface area contributed by atoms with Gasteiger partial charge in [-0.1, -0.05) is 35.3 Å². The Labute approximate surface area is 127 Å². The first-order chi connectivity index (χ1) is 9.44. The van der Waals surface area contributed by atoms with Gasteiger partial charge in [-0.3, -0.25) is 4.72 Å². The molecule has 2 rings (SSSR count). The standard InChI is InChI=1S/C13H11Cl2NO3S/c1-19-13-5-3-2-4-12(13)16-20(17,18)9-6-7-10(14)11(15)8-9/h2-8,16H,1H3. The number of sulfonamides is 1. The molecule has 2 aromatic rings. The van der Waals surface area contributed by atoms with Crippen molar-refractivity contribution in [1.29, 1.82) is 0 Å². The Bertz CT molecular complexity index is 732. The molecule has 0 aliphatic rings. The predicted octanol–water partition coefficient (Wildman–Crippen LogP) is 3.80. The summed E-state index contributed by atoms with van der Waals surface area (Å²) in [5, 5.41) is 0.470. The number of nitrogens with one attached hydrogen (secondary N) is 1. The van der Waals surface area contributed by atoms with E-state index >= 15 is 0 Å². The molecular formula is C13H11Cl2NO3S. The maximum Gasteiger partial charge on any atom is 0.262 e. The maximum atomic E-state index is 12.3. The fraction of sp³-hybridized carbons (Fsp3) is 0.0769. The van der Waals surface area contributed by atoms with Gasteiger partial charge in [0, 0.05) is 0 Å². The Morgan fingerprint density at radius 3 is 2.40 bits per heavy atom. The van der Waals surface area contributed by atoms with Crippen molar-refractivity contribution in [2.24, 2.45) is 0 Å². The van der Waals surface area contributed by atoms with E-state index in [1.807, 2.05) is 0 Å². The Kier molecular flexibility index (Phi) is 4.42. The Morgan fingerprint density at radius 1 is 1.05 bits per heavy atom. The average molecular weight is 332 g/mol. The number of rotatable bonds is 4. The normalized spacial score (nSPS) is 11.2. The van der Waals surface area contributed by atoms with Crippen LogP contribution >= 0.6 is 23.2 Å². The van der Waals surface area contributed by atoms with Crippen LogP contribution in [0.25, 0.3) is 0 Å². The molecule has 1 N–H and O–H groups in total. The molecular weight excluding hydrogens is 321 g/mol. The molecule has 0 fully saturated rings. The highest BCUT2D eigenvalue weighted by molar-refractivity contribution is 7.92. The monoisotopic (exact) mass is 331 g/mol. The zero-order valence-corrected chi connectivity index (χ0v) is 12.8. The van der Waals surface area contributed by atoms with Crippen LogP contribution in [0.1, 0.15) is 0 Å². The highest BCUT2D eigenvalue weighted by atomic mass is 35.5. The summed E-state index contributed by atoms with van der Waals surface area (Å²) in [6, 6.07) is 10.8. The topological polar surface area (TPSA) is 55.4 Å². The molecule has 0 aliphatic carbocycles. The van der Waals surface area contributed by atoms with Crippen LogP contribution in [-0.4, -0.2) is 15.5 Å².